The molecule has 0 aromatic heterocycles. The fourth-order valence-corrected chi connectivity index (χ4v) is 1.44. The highest BCUT2D eigenvalue weighted by Crippen LogP contribution is 2.19. The van der Waals surface area contributed by atoms with Gasteiger partial charge in [-0.1, -0.05) is 0 Å². The molecule has 3 heteroatoms. The molecule has 0 aliphatic carbocycles. The second kappa shape index (κ2) is 2.49. The van der Waals surface area contributed by atoms with E-state index in [0.29, 0.717) is 6.42 Å². The molecular weight excluding hydrogens is 140 g/mol. The van der Waals surface area contributed by atoms with E-state index < -0.39 is 0 Å². The molecule has 2 heterocycles. The van der Waals surface area contributed by atoms with Crippen molar-refractivity contribution in [1.82, 2.24) is 5.32 Å². The van der Waals surface area contributed by atoms with E-state index in [-0.39, 0.29) is 5.78 Å². The molecule has 0 saturated heterocycles. The Labute approximate surface area is 65.2 Å². The van der Waals surface area contributed by atoms with E-state index in [0.717, 1.165) is 30.8 Å². The standard InChI is InChI=1S/C8H10N2O/c11-7-3-5-10-8-6(7)2-1-4-9-8/h5,9H,1-4H2. The van der Waals surface area contributed by atoms with Gasteiger partial charge in [0.05, 0.1) is 0 Å². The third kappa shape index (κ3) is 1.06. The second-order valence-electron chi connectivity index (χ2n) is 2.80. The predicted octanol–water partition coefficient (Wildman–Crippen LogP) is 0.625. The summed E-state index contributed by atoms with van der Waals surface area (Å²) in [7, 11) is 0. The maximum Gasteiger partial charge on any atom is 0.167 e. The summed E-state index contributed by atoms with van der Waals surface area (Å²) in [5, 5.41) is 3.11. The first-order chi connectivity index (χ1) is 5.38. The van der Waals surface area contributed by atoms with Crippen molar-refractivity contribution in [3.8, 4) is 0 Å². The van der Waals surface area contributed by atoms with E-state index in [1.54, 1.807) is 6.21 Å². The Morgan fingerprint density at radius 2 is 2.45 bits per heavy atom. The molecule has 0 amide bonds. The van der Waals surface area contributed by atoms with Gasteiger partial charge in [0.25, 0.3) is 0 Å². The van der Waals surface area contributed by atoms with Crippen molar-refractivity contribution in [3.05, 3.63) is 11.4 Å². The lowest BCUT2D eigenvalue weighted by atomic mass is 9.99. The summed E-state index contributed by atoms with van der Waals surface area (Å²) in [6.07, 6.45) is 4.12. The largest absolute Gasteiger partial charge is 0.370 e. The highest BCUT2D eigenvalue weighted by molar-refractivity contribution is 6.05. The van der Waals surface area contributed by atoms with Gasteiger partial charge in [0.15, 0.2) is 5.78 Å². The van der Waals surface area contributed by atoms with Crippen LogP contribution < -0.4 is 5.32 Å². The van der Waals surface area contributed by atoms with E-state index >= 15 is 0 Å². The number of nitrogens with one attached hydrogen (secondary N) is 1. The average molecular weight is 150 g/mol. The monoisotopic (exact) mass is 150 g/mol. The molecule has 2 aliphatic heterocycles. The Balaban J connectivity index is 2.35. The van der Waals surface area contributed by atoms with Crippen molar-refractivity contribution in [3.63, 3.8) is 0 Å². The van der Waals surface area contributed by atoms with E-state index in [9.17, 15) is 4.79 Å². The van der Waals surface area contributed by atoms with Crippen LogP contribution in [-0.2, 0) is 4.79 Å². The Morgan fingerprint density at radius 3 is 3.27 bits per heavy atom. The maximum absolute atomic E-state index is 11.2. The fraction of sp³-hybridized carbons (Fsp3) is 0.500. The molecule has 0 aromatic carbocycles. The first-order valence-electron chi connectivity index (χ1n) is 3.90. The molecule has 0 fully saturated rings. The Morgan fingerprint density at radius 1 is 1.55 bits per heavy atom. The van der Waals surface area contributed by atoms with Crippen LogP contribution in [0.1, 0.15) is 19.3 Å². The van der Waals surface area contributed by atoms with E-state index in [4.69, 9.17) is 0 Å². The molecule has 0 saturated carbocycles. The number of hydrogen-bond acceptors (Lipinski definition) is 3. The van der Waals surface area contributed by atoms with Gasteiger partial charge in [0.1, 0.15) is 5.82 Å². The van der Waals surface area contributed by atoms with Crippen LogP contribution in [0.2, 0.25) is 0 Å². The smallest absolute Gasteiger partial charge is 0.167 e. The number of nitrogens with zero attached hydrogens (tertiary/aromatic N) is 1. The summed E-state index contributed by atoms with van der Waals surface area (Å²) in [4.78, 5) is 15.4. The van der Waals surface area contributed by atoms with Crippen molar-refractivity contribution < 1.29 is 4.79 Å². The molecule has 0 radical (unpaired) electrons. The van der Waals surface area contributed by atoms with Gasteiger partial charge < -0.3 is 5.32 Å². The Hall–Kier alpha value is -1.12. The van der Waals surface area contributed by atoms with Gasteiger partial charge in [-0.2, -0.15) is 0 Å². The lowest BCUT2D eigenvalue weighted by molar-refractivity contribution is -0.114. The van der Waals surface area contributed by atoms with Crippen molar-refractivity contribution in [2.24, 2.45) is 4.99 Å². The highest BCUT2D eigenvalue weighted by Gasteiger charge is 2.20. The molecule has 0 spiro atoms. The zero-order valence-corrected chi connectivity index (χ0v) is 6.26. The van der Waals surface area contributed by atoms with Gasteiger partial charge in [0.2, 0.25) is 0 Å². The van der Waals surface area contributed by atoms with E-state index in [1.807, 2.05) is 0 Å². The molecule has 0 aromatic rings. The van der Waals surface area contributed by atoms with Crippen molar-refractivity contribution in [2.45, 2.75) is 19.3 Å². The summed E-state index contributed by atoms with van der Waals surface area (Å²) < 4.78 is 0. The van der Waals surface area contributed by atoms with E-state index in [1.165, 1.54) is 0 Å². The molecule has 0 bridgehead atoms. The average Bonchev–Trinajstić information content (AvgIpc) is 2.06. The third-order valence-corrected chi connectivity index (χ3v) is 2.02. The summed E-state index contributed by atoms with van der Waals surface area (Å²) in [5.41, 5.74) is 0.902. The number of rotatable bonds is 0. The minimum absolute atomic E-state index is 0.238. The van der Waals surface area contributed by atoms with Crippen LogP contribution in [-0.4, -0.2) is 18.5 Å². The summed E-state index contributed by atoms with van der Waals surface area (Å²) >= 11 is 0. The lowest BCUT2D eigenvalue weighted by Gasteiger charge is -2.20. The van der Waals surface area contributed by atoms with Gasteiger partial charge in [-0.3, -0.25) is 4.79 Å². The predicted molar refractivity (Wildman–Crippen MR) is 42.4 cm³/mol. The number of ketones is 1. The first-order valence-corrected chi connectivity index (χ1v) is 3.90. The number of allylic oxidation sites excluding steroid dienone is 1. The minimum Gasteiger partial charge on any atom is -0.370 e. The van der Waals surface area contributed by atoms with Crippen molar-refractivity contribution >= 4 is 12.0 Å². The van der Waals surface area contributed by atoms with Crippen LogP contribution >= 0.6 is 0 Å². The topological polar surface area (TPSA) is 41.5 Å². The fourth-order valence-electron chi connectivity index (χ4n) is 1.44. The summed E-state index contributed by atoms with van der Waals surface area (Å²) in [6, 6.07) is 0. The van der Waals surface area contributed by atoms with Crippen molar-refractivity contribution in [2.75, 3.05) is 6.54 Å². The van der Waals surface area contributed by atoms with E-state index in [2.05, 4.69) is 10.3 Å². The van der Waals surface area contributed by atoms with Gasteiger partial charge in [-0.15, -0.1) is 0 Å². The number of carbonyl (C=O) groups excluding carboxylic acids is 1. The maximum atomic E-state index is 11.2. The number of aliphatic imine (C=N–C) groups is 1. The van der Waals surface area contributed by atoms with Crippen LogP contribution in [0.4, 0.5) is 0 Å². The summed E-state index contributed by atoms with van der Waals surface area (Å²) in [5.74, 6) is 1.05. The zero-order valence-electron chi connectivity index (χ0n) is 6.26. The van der Waals surface area contributed by atoms with Gasteiger partial charge in [-0.05, 0) is 12.8 Å². The van der Waals surface area contributed by atoms with Gasteiger partial charge >= 0.3 is 0 Å². The minimum atomic E-state index is 0.238. The SMILES string of the molecule is O=C1CC=NC2=C1CCCN2. The van der Waals surface area contributed by atoms with Crippen LogP contribution in [0.3, 0.4) is 0 Å². The van der Waals surface area contributed by atoms with Crippen LogP contribution in [0.25, 0.3) is 0 Å². The molecule has 2 aliphatic rings. The zero-order chi connectivity index (χ0) is 7.68. The van der Waals surface area contributed by atoms with Crippen molar-refractivity contribution in [1.29, 1.82) is 0 Å². The quantitative estimate of drug-likeness (QED) is 0.550. The normalized spacial score (nSPS) is 23.1. The number of carbonyl (C=O) groups is 1. The molecule has 58 valence electrons. The molecule has 11 heavy (non-hydrogen) atoms. The molecule has 2 rings (SSSR count). The summed E-state index contributed by atoms with van der Waals surface area (Å²) in [6.45, 7) is 0.948. The third-order valence-electron chi connectivity index (χ3n) is 2.02. The highest BCUT2D eigenvalue weighted by atomic mass is 16.1. The Kier molecular flexibility index (Phi) is 1.49. The number of hydrogen-bond donors (Lipinski definition) is 1. The van der Waals surface area contributed by atoms with Crippen LogP contribution in [0.5, 0.6) is 0 Å². The van der Waals surface area contributed by atoms with Crippen LogP contribution in [0.15, 0.2) is 16.4 Å². The molecule has 0 unspecified atom stereocenters. The second-order valence-corrected chi connectivity index (χ2v) is 2.80. The van der Waals surface area contributed by atoms with Crippen LogP contribution in [0, 0.1) is 0 Å². The van der Waals surface area contributed by atoms with Gasteiger partial charge in [0, 0.05) is 24.8 Å². The molecule has 1 N–H and O–H groups in total. The van der Waals surface area contributed by atoms with Gasteiger partial charge in [-0.25, -0.2) is 4.99 Å². The molecule has 0 atom stereocenters. The Bertz CT molecular complexity index is 253. The number of Topliss-reactive ketones (excluding diaryl/α,β-unsaturated/α-hetero) is 1. The first kappa shape index (κ1) is 6.58. The molecular formula is C8H10N2O. The molecule has 3 nitrogen and oxygen atoms in total. The lowest BCUT2D eigenvalue weighted by Crippen LogP contribution is -2.26.